The van der Waals surface area contributed by atoms with Gasteiger partial charge >= 0.3 is 0 Å². The van der Waals surface area contributed by atoms with Crippen LogP contribution in [-0.4, -0.2) is 33.0 Å². The molecule has 0 atom stereocenters. The van der Waals surface area contributed by atoms with Crippen molar-refractivity contribution in [1.82, 2.24) is 4.31 Å². The molecule has 20 heavy (non-hydrogen) atoms. The Labute approximate surface area is 118 Å². The fourth-order valence-corrected chi connectivity index (χ4v) is 3.69. The fraction of sp³-hybridized carbons (Fsp3) is 0.231. The molecule has 2 N–H and O–H groups in total. The summed E-state index contributed by atoms with van der Waals surface area (Å²) in [6.07, 6.45) is 1.27. The minimum absolute atomic E-state index is 0.0213. The predicted octanol–water partition coefficient (Wildman–Crippen LogP) is 2.65. The van der Waals surface area contributed by atoms with Crippen molar-refractivity contribution in [2.24, 2.45) is 0 Å². The second-order valence-corrected chi connectivity index (χ2v) is 6.23. The summed E-state index contributed by atoms with van der Waals surface area (Å²) in [5, 5.41) is 8.59. The van der Waals surface area contributed by atoms with E-state index in [4.69, 9.17) is 10.00 Å². The van der Waals surface area contributed by atoms with Crippen LogP contribution in [0.15, 0.2) is 34.7 Å². The van der Waals surface area contributed by atoms with Gasteiger partial charge in [-0.3, -0.25) is 13.9 Å². The fourth-order valence-electron chi connectivity index (χ4n) is 2.02. The van der Waals surface area contributed by atoms with Gasteiger partial charge in [0, 0.05) is 6.08 Å². The van der Waals surface area contributed by atoms with Crippen molar-refractivity contribution in [2.75, 3.05) is 13.7 Å². The van der Waals surface area contributed by atoms with Crippen LogP contribution in [0, 0.1) is 11.3 Å². The first-order chi connectivity index (χ1) is 9.43. The van der Waals surface area contributed by atoms with E-state index in [1.165, 1.54) is 19.3 Å². The maximum Gasteiger partial charge on any atom is 0.278 e. The molecule has 106 valence electrons. The summed E-state index contributed by atoms with van der Waals surface area (Å²) in [6, 6.07) is 6.53. The second-order valence-electron chi connectivity index (χ2n) is 4.31. The van der Waals surface area contributed by atoms with Crippen LogP contribution >= 0.6 is 10.8 Å². The smallest absolute Gasteiger partial charge is 0.278 e. The third-order valence-corrected chi connectivity index (χ3v) is 4.79. The van der Waals surface area contributed by atoms with Gasteiger partial charge < -0.3 is 4.74 Å². The van der Waals surface area contributed by atoms with Crippen molar-refractivity contribution in [2.45, 2.75) is 11.8 Å². The number of allylic oxidation sites excluding steroid dienone is 1. The number of nitrogens with zero attached hydrogens (tertiary/aromatic N) is 2. The van der Waals surface area contributed by atoms with E-state index >= 15 is 0 Å². The topological polar surface area (TPSA) is 93.8 Å². The zero-order chi connectivity index (χ0) is 14.9. The van der Waals surface area contributed by atoms with Crippen LogP contribution in [0.3, 0.4) is 0 Å². The molecule has 0 saturated carbocycles. The lowest BCUT2D eigenvalue weighted by atomic mass is 10.2. The minimum atomic E-state index is -3.39. The summed E-state index contributed by atoms with van der Waals surface area (Å²) in [7, 11) is -1.97. The standard InChI is InChI=1S/C13H14N2O4S/c1-9(6-7-14)8-15-13(16)12-10(19-2)4-3-5-11(12)20(15,17)18/h3-6,17-18H,8H2,1-2H3/b9-6+. The highest BCUT2D eigenvalue weighted by atomic mass is 32.3. The van der Waals surface area contributed by atoms with Gasteiger partial charge in [-0.05, 0) is 24.6 Å². The maximum atomic E-state index is 12.4. The van der Waals surface area contributed by atoms with E-state index in [0.29, 0.717) is 11.3 Å². The van der Waals surface area contributed by atoms with E-state index in [2.05, 4.69) is 0 Å². The lowest BCUT2D eigenvalue weighted by Crippen LogP contribution is -2.29. The van der Waals surface area contributed by atoms with Crippen LogP contribution in [0.25, 0.3) is 0 Å². The highest BCUT2D eigenvalue weighted by molar-refractivity contribution is 8.23. The molecular weight excluding hydrogens is 280 g/mol. The quantitative estimate of drug-likeness (QED) is 0.836. The normalized spacial score (nSPS) is 18.4. The first-order valence-corrected chi connectivity index (χ1v) is 7.26. The third-order valence-electron chi connectivity index (χ3n) is 2.95. The molecule has 0 radical (unpaired) electrons. The van der Waals surface area contributed by atoms with Crippen molar-refractivity contribution in [1.29, 1.82) is 5.26 Å². The van der Waals surface area contributed by atoms with E-state index in [1.807, 2.05) is 6.07 Å². The van der Waals surface area contributed by atoms with Crippen molar-refractivity contribution in [3.8, 4) is 11.8 Å². The lowest BCUT2D eigenvalue weighted by Gasteiger charge is -2.36. The summed E-state index contributed by atoms with van der Waals surface area (Å²) in [5.74, 6) is -0.208. The summed E-state index contributed by atoms with van der Waals surface area (Å²) in [4.78, 5) is 12.5. The Bertz CT molecular complexity index is 634. The third kappa shape index (κ3) is 2.14. The zero-order valence-electron chi connectivity index (χ0n) is 11.0. The number of methoxy groups -OCH3 is 1. The Hall–Kier alpha value is -2.01. The molecule has 0 saturated heterocycles. The zero-order valence-corrected chi connectivity index (χ0v) is 11.8. The molecule has 1 aromatic rings. The van der Waals surface area contributed by atoms with Gasteiger partial charge in [-0.2, -0.15) is 5.26 Å². The average molecular weight is 294 g/mol. The van der Waals surface area contributed by atoms with Crippen molar-refractivity contribution >= 4 is 16.7 Å². The van der Waals surface area contributed by atoms with E-state index in [0.717, 1.165) is 4.31 Å². The Balaban J connectivity index is 2.48. The highest BCUT2D eigenvalue weighted by Crippen LogP contribution is 2.60. The number of rotatable bonds is 3. The Morgan fingerprint density at radius 3 is 2.85 bits per heavy atom. The predicted molar refractivity (Wildman–Crippen MR) is 74.5 cm³/mol. The molecule has 1 aliphatic heterocycles. The number of hydrogen-bond acceptors (Lipinski definition) is 5. The van der Waals surface area contributed by atoms with Gasteiger partial charge in [-0.1, -0.05) is 16.8 Å². The number of nitriles is 1. The van der Waals surface area contributed by atoms with Crippen LogP contribution < -0.4 is 4.74 Å². The number of carbonyl (C=O) groups is 1. The first kappa shape index (κ1) is 14.4. The van der Waals surface area contributed by atoms with E-state index in [1.54, 1.807) is 19.1 Å². The van der Waals surface area contributed by atoms with Crippen LogP contribution in [-0.2, 0) is 0 Å². The maximum absolute atomic E-state index is 12.4. The van der Waals surface area contributed by atoms with Gasteiger partial charge in [-0.15, -0.1) is 0 Å². The monoisotopic (exact) mass is 294 g/mol. The Morgan fingerprint density at radius 1 is 1.55 bits per heavy atom. The summed E-state index contributed by atoms with van der Waals surface area (Å²) in [6.45, 7) is 1.62. The van der Waals surface area contributed by atoms with Crippen LogP contribution in [0.4, 0.5) is 0 Å². The molecule has 0 bridgehead atoms. The van der Waals surface area contributed by atoms with Gasteiger partial charge in [0.25, 0.3) is 5.91 Å². The Morgan fingerprint density at radius 2 is 2.25 bits per heavy atom. The summed E-state index contributed by atoms with van der Waals surface area (Å²) in [5.41, 5.74) is 0.729. The molecule has 1 aromatic carbocycles. The number of carbonyl (C=O) groups excluding carboxylic acids is 1. The minimum Gasteiger partial charge on any atom is -0.496 e. The van der Waals surface area contributed by atoms with Gasteiger partial charge in [0.1, 0.15) is 11.3 Å². The number of hydrogen-bond donors (Lipinski definition) is 2. The summed E-state index contributed by atoms with van der Waals surface area (Å²) >= 11 is 0. The van der Waals surface area contributed by atoms with Crippen LogP contribution in [0.1, 0.15) is 17.3 Å². The molecule has 0 spiro atoms. The largest absolute Gasteiger partial charge is 0.496 e. The number of amides is 1. The van der Waals surface area contributed by atoms with Gasteiger partial charge in [0.15, 0.2) is 0 Å². The van der Waals surface area contributed by atoms with Crippen molar-refractivity contribution in [3.63, 3.8) is 0 Å². The molecule has 0 fully saturated rings. The van der Waals surface area contributed by atoms with Gasteiger partial charge in [0.2, 0.25) is 0 Å². The number of fused-ring (bicyclic) bond motifs is 1. The summed E-state index contributed by atoms with van der Waals surface area (Å²) < 4.78 is 26.7. The molecule has 1 aliphatic rings. The lowest BCUT2D eigenvalue weighted by molar-refractivity contribution is 0.0867. The van der Waals surface area contributed by atoms with E-state index in [-0.39, 0.29) is 17.0 Å². The van der Waals surface area contributed by atoms with Crippen molar-refractivity contribution in [3.05, 3.63) is 35.4 Å². The average Bonchev–Trinajstić information content (AvgIpc) is 2.60. The molecule has 2 rings (SSSR count). The SMILES string of the molecule is COc1cccc2c1C(=O)N(C/C(C)=C/C#N)S2(O)O. The number of benzene rings is 1. The molecule has 6 nitrogen and oxygen atoms in total. The highest BCUT2D eigenvalue weighted by Gasteiger charge is 2.43. The molecule has 1 amide bonds. The Kier molecular flexibility index (Phi) is 3.72. The van der Waals surface area contributed by atoms with Gasteiger partial charge in [0.05, 0.1) is 24.6 Å². The number of ether oxygens (including phenoxy) is 1. The molecule has 0 unspecified atom stereocenters. The first-order valence-electron chi connectivity index (χ1n) is 5.76. The second kappa shape index (κ2) is 5.17. The van der Waals surface area contributed by atoms with E-state index < -0.39 is 16.7 Å². The molecule has 0 aliphatic carbocycles. The molecule has 0 aromatic heterocycles. The van der Waals surface area contributed by atoms with E-state index in [9.17, 15) is 13.9 Å². The van der Waals surface area contributed by atoms with Gasteiger partial charge in [-0.25, -0.2) is 4.31 Å². The molecule has 1 heterocycles. The van der Waals surface area contributed by atoms with Crippen molar-refractivity contribution < 1.29 is 18.6 Å². The molecule has 7 heteroatoms. The van der Waals surface area contributed by atoms with Crippen LogP contribution in [0.2, 0.25) is 0 Å². The molecular formula is C13H14N2O4S. The van der Waals surface area contributed by atoms with Crippen LogP contribution in [0.5, 0.6) is 5.75 Å².